The molecule has 0 unspecified atom stereocenters. The van der Waals surface area contributed by atoms with Crippen LogP contribution in [0.2, 0.25) is 0 Å². The van der Waals surface area contributed by atoms with Crippen molar-refractivity contribution >= 4 is 0 Å². The number of ether oxygens (including phenoxy) is 5. The van der Waals surface area contributed by atoms with Gasteiger partial charge in [0.05, 0.1) is 38.6 Å². The monoisotopic (exact) mass is 632 g/mol. The van der Waals surface area contributed by atoms with Crippen molar-refractivity contribution in [2.75, 3.05) is 7.11 Å². The van der Waals surface area contributed by atoms with E-state index >= 15 is 0 Å². The molecule has 0 amide bonds. The average molecular weight is 633 g/mol. The number of hydrogen-bond acceptors (Lipinski definition) is 5. The summed E-state index contributed by atoms with van der Waals surface area (Å²) in [5, 5.41) is 0. The minimum absolute atomic E-state index is 0.0551. The Balaban J connectivity index is 1.15. The Labute approximate surface area is 280 Å². The lowest BCUT2D eigenvalue weighted by Gasteiger charge is -2.46. The second kappa shape index (κ2) is 14.2. The third-order valence-electron chi connectivity index (χ3n) is 10.6. The summed E-state index contributed by atoms with van der Waals surface area (Å²) in [5.74, 6) is 2.06. The van der Waals surface area contributed by atoms with Gasteiger partial charge in [0.1, 0.15) is 23.2 Å². The molecule has 1 saturated heterocycles. The van der Waals surface area contributed by atoms with Crippen molar-refractivity contribution in [1.82, 2.24) is 0 Å². The molecular weight excluding hydrogens is 584 g/mol. The van der Waals surface area contributed by atoms with Crippen LogP contribution in [0.4, 0.5) is 0 Å². The third-order valence-corrected chi connectivity index (χ3v) is 10.6. The quantitative estimate of drug-likeness (QED) is 0.165. The molecule has 1 saturated carbocycles. The topological polar surface area (TPSA) is 46.2 Å². The van der Waals surface area contributed by atoms with Crippen LogP contribution in [0.5, 0.6) is 11.5 Å². The molecule has 1 aliphatic carbocycles. The maximum atomic E-state index is 6.98. The first-order valence-electron chi connectivity index (χ1n) is 17.5. The molecule has 4 aromatic carbocycles. The lowest BCUT2D eigenvalue weighted by molar-refractivity contribution is -0.232. The summed E-state index contributed by atoms with van der Waals surface area (Å²) in [6.45, 7) is 5.51. The third kappa shape index (κ3) is 6.99. The molecule has 0 N–H and O–H groups in total. The van der Waals surface area contributed by atoms with E-state index in [-0.39, 0.29) is 35.9 Å². The van der Waals surface area contributed by atoms with Crippen LogP contribution in [-0.2, 0) is 40.3 Å². The molecule has 0 radical (unpaired) electrons. The lowest BCUT2D eigenvalue weighted by atomic mass is 9.74. The van der Waals surface area contributed by atoms with Crippen LogP contribution in [0.1, 0.15) is 85.4 Å². The first-order valence-corrected chi connectivity index (χ1v) is 17.5. The molecule has 1 spiro atoms. The number of hydrogen-bond donors (Lipinski definition) is 0. The summed E-state index contributed by atoms with van der Waals surface area (Å²) < 4.78 is 32.8. The Hall–Kier alpha value is -3.64. The summed E-state index contributed by atoms with van der Waals surface area (Å²) in [5.41, 5.74) is 7.25. The maximum absolute atomic E-state index is 6.98. The lowest BCUT2D eigenvalue weighted by Crippen LogP contribution is -2.51. The second-order valence-electron chi connectivity index (χ2n) is 13.7. The summed E-state index contributed by atoms with van der Waals surface area (Å²) in [4.78, 5) is 0. The van der Waals surface area contributed by atoms with Gasteiger partial charge >= 0.3 is 0 Å². The van der Waals surface area contributed by atoms with Crippen molar-refractivity contribution in [2.24, 2.45) is 5.92 Å². The highest BCUT2D eigenvalue weighted by molar-refractivity contribution is 5.45. The standard InChI is InChI=1S/C42H48O5/c1-4-36-39(44-27-30-12-7-5-8-13-30)29(2)40(45-28-31-14-9-6-10-15-31)41(46-36)34-17-19-37(43-3)35(26-34)25-32-16-18-38-33(24-32)20-23-42(47-38)21-11-22-42/h5-10,12-19,24,26,29,36,39-41H,4,11,20-23,25,27-28H2,1-3H3/t29-,36+,39-,40+,41-/m0/s1. The summed E-state index contributed by atoms with van der Waals surface area (Å²) in [6, 6.07) is 34.0. The van der Waals surface area contributed by atoms with Gasteiger partial charge in [-0.25, -0.2) is 0 Å². The zero-order valence-electron chi connectivity index (χ0n) is 28.0. The van der Waals surface area contributed by atoms with Gasteiger partial charge in [-0.15, -0.1) is 0 Å². The fourth-order valence-corrected chi connectivity index (χ4v) is 7.71. The SMILES string of the molecule is CC[C@H]1O[C@@H](c2ccc(OC)c(Cc3ccc4c(c3)CCC3(CCC3)O4)c2)[C@H](OCc2ccccc2)[C@@H](C)[C@@H]1OCc1ccccc1. The van der Waals surface area contributed by atoms with Gasteiger partial charge in [0, 0.05) is 12.3 Å². The van der Waals surface area contributed by atoms with Gasteiger partial charge in [0.25, 0.3) is 0 Å². The van der Waals surface area contributed by atoms with Gasteiger partial charge in [-0.1, -0.05) is 92.7 Å². The van der Waals surface area contributed by atoms with Crippen molar-refractivity contribution in [2.45, 2.75) is 102 Å². The average Bonchev–Trinajstić information content (AvgIpc) is 3.10. The largest absolute Gasteiger partial charge is 0.496 e. The van der Waals surface area contributed by atoms with E-state index in [0.29, 0.717) is 13.2 Å². The fraction of sp³-hybridized carbons (Fsp3) is 0.429. The van der Waals surface area contributed by atoms with Crippen molar-refractivity contribution in [3.8, 4) is 11.5 Å². The Morgan fingerprint density at radius 1 is 0.766 bits per heavy atom. The molecule has 47 heavy (non-hydrogen) atoms. The molecule has 2 fully saturated rings. The number of rotatable bonds is 11. The first-order chi connectivity index (χ1) is 23.0. The van der Waals surface area contributed by atoms with Gasteiger partial charge in [0.15, 0.2) is 0 Å². The maximum Gasteiger partial charge on any atom is 0.123 e. The van der Waals surface area contributed by atoms with Crippen molar-refractivity contribution in [3.63, 3.8) is 0 Å². The first kappa shape index (κ1) is 31.9. The van der Waals surface area contributed by atoms with Crippen molar-refractivity contribution in [3.05, 3.63) is 130 Å². The predicted octanol–water partition coefficient (Wildman–Crippen LogP) is 9.19. The highest BCUT2D eigenvalue weighted by Gasteiger charge is 2.45. The van der Waals surface area contributed by atoms with Crippen LogP contribution in [-0.4, -0.2) is 31.0 Å². The van der Waals surface area contributed by atoms with Crippen molar-refractivity contribution in [1.29, 1.82) is 0 Å². The molecule has 2 heterocycles. The molecule has 246 valence electrons. The van der Waals surface area contributed by atoms with E-state index < -0.39 is 0 Å². The molecule has 4 aromatic rings. The minimum Gasteiger partial charge on any atom is -0.496 e. The van der Waals surface area contributed by atoms with E-state index in [9.17, 15) is 0 Å². The molecule has 5 atom stereocenters. The van der Waals surface area contributed by atoms with Gasteiger partial charge in [-0.2, -0.15) is 0 Å². The molecule has 5 nitrogen and oxygen atoms in total. The van der Waals surface area contributed by atoms with Gasteiger partial charge in [0.2, 0.25) is 0 Å². The van der Waals surface area contributed by atoms with E-state index in [0.717, 1.165) is 59.4 Å². The fourth-order valence-electron chi connectivity index (χ4n) is 7.71. The Morgan fingerprint density at radius 2 is 1.47 bits per heavy atom. The molecule has 7 rings (SSSR count). The number of aryl methyl sites for hydroxylation is 1. The summed E-state index contributed by atoms with van der Waals surface area (Å²) >= 11 is 0. The van der Waals surface area contributed by atoms with Crippen LogP contribution >= 0.6 is 0 Å². The molecule has 5 heteroatoms. The number of benzene rings is 4. The Morgan fingerprint density at radius 3 is 2.11 bits per heavy atom. The molecular formula is C42H48O5. The smallest absolute Gasteiger partial charge is 0.123 e. The van der Waals surface area contributed by atoms with Crippen LogP contribution in [0.15, 0.2) is 97.1 Å². The van der Waals surface area contributed by atoms with Gasteiger partial charge in [-0.05, 0) is 90.1 Å². The molecule has 3 aliphatic rings. The number of fused-ring (bicyclic) bond motifs is 1. The van der Waals surface area contributed by atoms with E-state index in [1.807, 2.05) is 12.1 Å². The van der Waals surface area contributed by atoms with Crippen LogP contribution < -0.4 is 9.47 Å². The highest BCUT2D eigenvalue weighted by Crippen LogP contribution is 2.46. The van der Waals surface area contributed by atoms with Gasteiger partial charge < -0.3 is 23.7 Å². The van der Waals surface area contributed by atoms with E-state index in [2.05, 4.69) is 98.8 Å². The zero-order valence-corrected chi connectivity index (χ0v) is 28.0. The van der Waals surface area contributed by atoms with Crippen LogP contribution in [0, 0.1) is 5.92 Å². The van der Waals surface area contributed by atoms with Crippen LogP contribution in [0.3, 0.4) is 0 Å². The normalized spacial score (nSPS) is 24.6. The Kier molecular flexibility index (Phi) is 9.67. The molecule has 0 aromatic heterocycles. The number of methoxy groups -OCH3 is 1. The van der Waals surface area contributed by atoms with Crippen LogP contribution in [0.25, 0.3) is 0 Å². The van der Waals surface area contributed by atoms with E-state index in [1.165, 1.54) is 30.4 Å². The highest BCUT2D eigenvalue weighted by atomic mass is 16.6. The Bertz CT molecular complexity index is 1620. The molecule has 2 aliphatic heterocycles. The minimum atomic E-state index is -0.240. The van der Waals surface area contributed by atoms with E-state index in [4.69, 9.17) is 23.7 Å². The van der Waals surface area contributed by atoms with Gasteiger partial charge in [-0.3, -0.25) is 0 Å². The molecule has 0 bridgehead atoms. The second-order valence-corrected chi connectivity index (χ2v) is 13.7. The summed E-state index contributed by atoms with van der Waals surface area (Å²) in [6.07, 6.45) is 6.91. The summed E-state index contributed by atoms with van der Waals surface area (Å²) in [7, 11) is 1.75. The predicted molar refractivity (Wildman–Crippen MR) is 185 cm³/mol. The zero-order chi connectivity index (χ0) is 32.2. The van der Waals surface area contributed by atoms with E-state index in [1.54, 1.807) is 7.11 Å². The van der Waals surface area contributed by atoms with Crippen molar-refractivity contribution < 1.29 is 23.7 Å².